The molecule has 488 valence electrons. The summed E-state index contributed by atoms with van der Waals surface area (Å²) < 4.78 is 38.4. The molecule has 0 radical (unpaired) electrons. The summed E-state index contributed by atoms with van der Waals surface area (Å²) >= 11 is 0. The average Bonchev–Trinajstić information content (AvgIpc) is 0.754. The third-order valence-corrected chi connectivity index (χ3v) is 15.6. The Hall–Kier alpha value is -8.13. The smallest absolute Gasteiger partial charge is 0.525 e. The third-order valence-electron chi connectivity index (χ3n) is 15.6. The van der Waals surface area contributed by atoms with E-state index in [-0.39, 0.29) is 99.5 Å². The van der Waals surface area contributed by atoms with E-state index in [1.54, 1.807) is 0 Å². The number of carbonyl (C=O) groups excluding carboxylic acids is 9. The minimum Gasteiger partial charge on any atom is -0.525 e. The van der Waals surface area contributed by atoms with Crippen molar-refractivity contribution in [2.75, 3.05) is 27.3 Å². The molecule has 0 spiro atoms. The number of nitrogens with one attached hydrogen (secondary N) is 8. The molecule has 6 amide bonds. The van der Waals surface area contributed by atoms with Gasteiger partial charge in [0.05, 0.1) is 18.7 Å². The van der Waals surface area contributed by atoms with Crippen LogP contribution in [0.2, 0.25) is 0 Å². The number of rotatable bonds is 24. The maximum absolute atomic E-state index is 12.5. The first-order valence-electron chi connectivity index (χ1n) is 29.4. The minimum absolute atomic E-state index is 0. The van der Waals surface area contributed by atoms with Crippen molar-refractivity contribution in [2.24, 2.45) is 5.84 Å². The van der Waals surface area contributed by atoms with Gasteiger partial charge in [-0.1, -0.05) is 109 Å². The first kappa shape index (κ1) is 72.3. The van der Waals surface area contributed by atoms with Crippen LogP contribution in [-0.4, -0.2) is 146 Å². The van der Waals surface area contributed by atoms with Gasteiger partial charge in [0.2, 0.25) is 23.6 Å². The molecule has 29 heteroatoms. The standard InChI is InChI=1S/C39H48N5O13.C24H24N4O4.CO2.Na/c1-52-27-20-54-38(35(50)33(27)48)57-36-32(40-16-17-45)37(53-2)56-26(34(36)49)18-41-42-28(46)8-3-4-9-29(47)43-44-39(51)55-19-24-13-12-23-11-10-21-6-5-7-22-14-15-25(24)31(23)30(21)22;25-26-20(29)6-1-2-7-21(30)27-28-24(31)32-14-18-11-10-17-9-8-15-4-3-5-16-12-13-19(18)23(17)22(15)16;2-1-3;/h5-7,10-15,17,20,26-27,32-38,40-41,48-50H,3-4,8-9,16,18-19H2,1-2H3,(H,42,46)(H,43,47)(H,44,51);3-5,8-13H,1-2,6-7,14,25H2,(H,26,29)(H,27,30)(H,28,31);;/q-1;;;+1. The maximum atomic E-state index is 12.5. The molecule has 10 rings (SSSR count). The number of hydrogen-bond acceptors (Lipinski definition) is 22. The van der Waals surface area contributed by atoms with Gasteiger partial charge in [0.15, 0.2) is 12.6 Å². The van der Waals surface area contributed by atoms with Gasteiger partial charge in [0.25, 0.3) is 0 Å². The molecule has 9 unspecified atom stereocenters. The monoisotopic (exact) mass is 1290 g/mol. The second-order valence-electron chi connectivity index (χ2n) is 21.4. The number of hydrogen-bond donors (Lipinski definition) is 12. The average molecular weight is 1290 g/mol. The van der Waals surface area contributed by atoms with Crippen LogP contribution in [-0.2, 0) is 79.9 Å². The Morgan fingerprint density at radius 1 is 0.570 bits per heavy atom. The zero-order valence-electron chi connectivity index (χ0n) is 51.2. The zero-order valence-corrected chi connectivity index (χ0v) is 53.2. The van der Waals surface area contributed by atoms with Gasteiger partial charge in [-0.3, -0.25) is 40.9 Å². The number of carbonyl (C=O) groups is 7. The van der Waals surface area contributed by atoms with Gasteiger partial charge in [-0.25, -0.2) is 31.7 Å². The van der Waals surface area contributed by atoms with Crippen molar-refractivity contribution in [1.82, 2.24) is 43.3 Å². The summed E-state index contributed by atoms with van der Waals surface area (Å²) in [4.78, 5) is 99.5. The fourth-order valence-corrected chi connectivity index (χ4v) is 11.1. The summed E-state index contributed by atoms with van der Waals surface area (Å²) in [5.74, 6) is 3.50. The SMILES string of the molecule is COC1[CH-]OC(OC2C(O)C(CNNC(=O)CCCCC(=O)NNC(=O)OCc3ccc4ccc5cccc6ccc3c4c56)OC(OC)C2NCC=O)C(O)C1O.NNC(=O)CCCCC(=O)NNC(=O)OCc1ccc2ccc3cccc4ccc1c2c34.O=C=O.[Na+]. The van der Waals surface area contributed by atoms with Crippen LogP contribution in [0.3, 0.4) is 0 Å². The topological polar surface area (TPSA) is 401 Å². The van der Waals surface area contributed by atoms with Crippen LogP contribution in [0.4, 0.5) is 9.59 Å². The Morgan fingerprint density at radius 3 is 1.46 bits per heavy atom. The number of ether oxygens (including phenoxy) is 7. The van der Waals surface area contributed by atoms with Crippen LogP contribution in [0.1, 0.15) is 62.5 Å². The third kappa shape index (κ3) is 18.8. The molecule has 0 saturated carbocycles. The molecule has 0 bridgehead atoms. The molecule has 2 aliphatic rings. The van der Waals surface area contributed by atoms with Crippen molar-refractivity contribution >= 4 is 113 Å². The molecule has 13 N–H and O–H groups in total. The van der Waals surface area contributed by atoms with E-state index < -0.39 is 79.2 Å². The molecular formula is C64H72N9NaO19. The predicted molar refractivity (Wildman–Crippen MR) is 330 cm³/mol. The Balaban J connectivity index is 0.000000287. The molecule has 2 fully saturated rings. The second kappa shape index (κ2) is 35.8. The molecule has 0 aliphatic carbocycles. The van der Waals surface area contributed by atoms with E-state index in [1.807, 2.05) is 54.0 Å². The van der Waals surface area contributed by atoms with Gasteiger partial charge < -0.3 is 58.6 Å². The molecule has 0 aromatic heterocycles. The quantitative estimate of drug-likeness (QED) is 0.00568. The van der Waals surface area contributed by atoms with Crippen molar-refractivity contribution < 1.29 is 121 Å². The summed E-state index contributed by atoms with van der Waals surface area (Å²) in [5.41, 5.74) is 18.1. The number of aliphatic hydroxyl groups excluding tert-OH is 3. The molecular weight excluding hydrogens is 1220 g/mol. The molecule has 2 heterocycles. The summed E-state index contributed by atoms with van der Waals surface area (Å²) in [6.07, 6.45) is -8.32. The Bertz CT molecular complexity index is 3830. The Labute approximate surface area is 554 Å². The number of unbranched alkanes of at least 4 members (excludes halogenated alkanes) is 2. The van der Waals surface area contributed by atoms with Gasteiger partial charge in [-0.15, -0.1) is 0 Å². The zero-order chi connectivity index (χ0) is 65.7. The van der Waals surface area contributed by atoms with Gasteiger partial charge in [0, 0.05) is 46.4 Å². The fraction of sp³-hybridized carbons (Fsp3) is 0.359. The number of aldehydes is 1. The van der Waals surface area contributed by atoms with E-state index in [0.717, 1.165) is 59.6 Å². The normalized spacial score (nSPS) is 20.0. The van der Waals surface area contributed by atoms with Crippen molar-refractivity contribution in [2.45, 2.75) is 120 Å². The molecule has 93 heavy (non-hydrogen) atoms. The predicted octanol–water partition coefficient (Wildman–Crippen LogP) is 0.364. The molecule has 2 saturated heterocycles. The minimum atomic E-state index is -1.54. The van der Waals surface area contributed by atoms with Crippen LogP contribution < -0.4 is 78.7 Å². The van der Waals surface area contributed by atoms with E-state index in [9.17, 15) is 48.9 Å². The number of aliphatic hydroxyl groups is 3. The number of hydrazine groups is 4. The molecule has 8 aromatic rings. The largest absolute Gasteiger partial charge is 1.00 e. The second-order valence-corrected chi connectivity index (χ2v) is 21.4. The van der Waals surface area contributed by atoms with E-state index in [4.69, 9.17) is 48.6 Å². The first-order chi connectivity index (χ1) is 44.6. The van der Waals surface area contributed by atoms with Crippen molar-refractivity contribution in [3.63, 3.8) is 0 Å². The van der Waals surface area contributed by atoms with Crippen LogP contribution >= 0.6 is 0 Å². The van der Waals surface area contributed by atoms with Crippen molar-refractivity contribution in [3.8, 4) is 0 Å². The van der Waals surface area contributed by atoms with Gasteiger partial charge in [-0.2, -0.15) is 16.2 Å². The molecule has 8 aromatic carbocycles. The number of amides is 6. The Morgan fingerprint density at radius 2 is 1.01 bits per heavy atom. The maximum Gasteiger partial charge on any atom is 1.00 e. The van der Waals surface area contributed by atoms with Gasteiger partial charge in [0.1, 0.15) is 43.9 Å². The summed E-state index contributed by atoms with van der Waals surface area (Å²) in [5, 5.41) is 48.5. The fourth-order valence-electron chi connectivity index (χ4n) is 11.1. The van der Waals surface area contributed by atoms with Crippen molar-refractivity contribution in [1.29, 1.82) is 0 Å². The Kier molecular flexibility index (Phi) is 27.8. The summed E-state index contributed by atoms with van der Waals surface area (Å²) in [6.45, 7) is 1.00. The van der Waals surface area contributed by atoms with E-state index in [2.05, 4.69) is 98.5 Å². The van der Waals surface area contributed by atoms with Crippen LogP contribution in [0.25, 0.3) is 64.6 Å². The number of methoxy groups -OCH3 is 2. The van der Waals surface area contributed by atoms with E-state index in [0.29, 0.717) is 32.0 Å². The van der Waals surface area contributed by atoms with Crippen LogP contribution in [0.15, 0.2) is 109 Å². The molecule has 2 aliphatic heterocycles. The number of nitrogens with two attached hydrogens (primary N) is 1. The van der Waals surface area contributed by atoms with Gasteiger partial charge >= 0.3 is 47.9 Å². The number of benzene rings is 8. The molecule has 28 nitrogen and oxygen atoms in total. The van der Waals surface area contributed by atoms with Crippen LogP contribution in [0.5, 0.6) is 0 Å². The van der Waals surface area contributed by atoms with Gasteiger partial charge in [-0.05, 0) is 108 Å². The summed E-state index contributed by atoms with van der Waals surface area (Å²) in [7, 11) is 2.69. The molecule has 9 atom stereocenters. The summed E-state index contributed by atoms with van der Waals surface area (Å²) in [6, 6.07) is 36.0. The van der Waals surface area contributed by atoms with Crippen LogP contribution in [0, 0.1) is 6.61 Å². The first-order valence-corrected chi connectivity index (χ1v) is 29.4. The van der Waals surface area contributed by atoms with E-state index in [1.165, 1.54) is 37.0 Å². The van der Waals surface area contributed by atoms with Crippen molar-refractivity contribution in [3.05, 3.63) is 127 Å². The van der Waals surface area contributed by atoms with E-state index >= 15 is 0 Å².